The third-order valence-electron chi connectivity index (χ3n) is 4.47. The van der Waals surface area contributed by atoms with Gasteiger partial charge in [-0.3, -0.25) is 4.79 Å². The summed E-state index contributed by atoms with van der Waals surface area (Å²) >= 11 is 0. The largest absolute Gasteiger partial charge is 0.480 e. The van der Waals surface area contributed by atoms with Crippen LogP contribution < -0.4 is 5.32 Å². The van der Waals surface area contributed by atoms with Crippen molar-refractivity contribution in [2.45, 2.75) is 57.8 Å². The van der Waals surface area contributed by atoms with Crippen LogP contribution in [0.15, 0.2) is 24.3 Å². The Hall–Kier alpha value is -2.13. The summed E-state index contributed by atoms with van der Waals surface area (Å²) in [6.45, 7) is 10.7. The summed E-state index contributed by atoms with van der Waals surface area (Å²) in [6, 6.07) is 4.61. The standard InChI is InChI=1S/C19H26FNO3Si/c1-19(2,3)25(4,5)11-7-10-16(18(23)24)21-17(22)13-14-8-6-9-15(20)12-14/h6,8-9,12,16H,10,13H2,1-5H3,(H,21,22)(H,23,24)/t16-/m1/s1. The maximum absolute atomic E-state index is 13.1. The number of nitrogens with one attached hydrogen (secondary N) is 1. The molecule has 0 bridgehead atoms. The van der Waals surface area contributed by atoms with Gasteiger partial charge >= 0.3 is 5.97 Å². The molecular weight excluding hydrogens is 337 g/mol. The zero-order valence-corrected chi connectivity index (χ0v) is 16.4. The predicted octanol–water partition coefficient (Wildman–Crippen LogP) is 3.38. The molecule has 4 nitrogen and oxygen atoms in total. The second-order valence-corrected chi connectivity index (χ2v) is 12.6. The molecule has 0 aliphatic rings. The van der Waals surface area contributed by atoms with Crippen LogP contribution in [-0.2, 0) is 16.0 Å². The lowest BCUT2D eigenvalue weighted by Gasteiger charge is -2.31. The van der Waals surface area contributed by atoms with Gasteiger partial charge in [-0.1, -0.05) is 46.0 Å². The van der Waals surface area contributed by atoms with E-state index in [4.69, 9.17) is 0 Å². The molecule has 0 unspecified atom stereocenters. The van der Waals surface area contributed by atoms with Crippen molar-refractivity contribution in [2.24, 2.45) is 0 Å². The van der Waals surface area contributed by atoms with Crippen LogP contribution in [0.4, 0.5) is 4.39 Å². The van der Waals surface area contributed by atoms with E-state index in [2.05, 4.69) is 50.6 Å². The molecule has 0 spiro atoms. The molecule has 6 heteroatoms. The fourth-order valence-electron chi connectivity index (χ4n) is 1.84. The van der Waals surface area contributed by atoms with Gasteiger partial charge < -0.3 is 10.4 Å². The number of amides is 1. The third kappa shape index (κ3) is 6.71. The van der Waals surface area contributed by atoms with Crippen LogP contribution in [0.25, 0.3) is 0 Å². The summed E-state index contributed by atoms with van der Waals surface area (Å²) in [5, 5.41) is 11.8. The van der Waals surface area contributed by atoms with Crippen molar-refractivity contribution < 1.29 is 19.1 Å². The van der Waals surface area contributed by atoms with E-state index in [9.17, 15) is 19.1 Å². The number of carboxylic acids is 1. The number of hydrogen-bond acceptors (Lipinski definition) is 2. The smallest absolute Gasteiger partial charge is 0.327 e. The van der Waals surface area contributed by atoms with Crippen molar-refractivity contribution in [3.63, 3.8) is 0 Å². The Labute approximate surface area is 149 Å². The first-order valence-electron chi connectivity index (χ1n) is 8.19. The fourth-order valence-corrected chi connectivity index (χ4v) is 2.76. The van der Waals surface area contributed by atoms with E-state index in [0.717, 1.165) is 0 Å². The molecule has 0 saturated carbocycles. The van der Waals surface area contributed by atoms with Gasteiger partial charge in [-0.25, -0.2) is 9.18 Å². The van der Waals surface area contributed by atoms with Gasteiger partial charge in [0.2, 0.25) is 5.91 Å². The number of hydrogen-bond donors (Lipinski definition) is 2. The number of halogens is 1. The number of benzene rings is 1. The summed E-state index contributed by atoms with van der Waals surface area (Å²) in [6.07, 6.45) is -0.0199. The van der Waals surface area contributed by atoms with E-state index in [-0.39, 0.29) is 17.9 Å². The minimum Gasteiger partial charge on any atom is -0.480 e. The van der Waals surface area contributed by atoms with Crippen LogP contribution in [0.1, 0.15) is 32.8 Å². The van der Waals surface area contributed by atoms with Gasteiger partial charge in [0.25, 0.3) is 0 Å². The molecule has 136 valence electrons. The zero-order valence-electron chi connectivity index (χ0n) is 15.4. The van der Waals surface area contributed by atoms with Crippen molar-refractivity contribution in [3.8, 4) is 11.5 Å². The van der Waals surface area contributed by atoms with Crippen LogP contribution in [0.2, 0.25) is 18.1 Å². The summed E-state index contributed by atoms with van der Waals surface area (Å²) in [5.41, 5.74) is 3.73. The Balaban J connectivity index is 2.72. The molecule has 0 fully saturated rings. The lowest BCUT2D eigenvalue weighted by molar-refractivity contribution is -0.141. The molecule has 1 rings (SSSR count). The molecule has 25 heavy (non-hydrogen) atoms. The highest BCUT2D eigenvalue weighted by molar-refractivity contribution is 6.87. The number of rotatable bonds is 5. The Kier molecular flexibility index (Phi) is 6.94. The van der Waals surface area contributed by atoms with Crippen molar-refractivity contribution in [1.82, 2.24) is 5.32 Å². The topological polar surface area (TPSA) is 66.4 Å². The maximum Gasteiger partial charge on any atom is 0.327 e. The first kappa shape index (κ1) is 20.9. The minimum absolute atomic E-state index is 0.0523. The Morgan fingerprint density at radius 1 is 1.32 bits per heavy atom. The Morgan fingerprint density at radius 3 is 2.48 bits per heavy atom. The summed E-state index contributed by atoms with van der Waals surface area (Å²) < 4.78 is 13.1. The first-order chi connectivity index (χ1) is 11.4. The van der Waals surface area contributed by atoms with E-state index in [1.54, 1.807) is 6.07 Å². The third-order valence-corrected chi connectivity index (χ3v) is 9.02. The van der Waals surface area contributed by atoms with Crippen molar-refractivity contribution >= 4 is 20.0 Å². The molecule has 1 atom stereocenters. The average molecular weight is 364 g/mol. The van der Waals surface area contributed by atoms with Crippen molar-refractivity contribution in [1.29, 1.82) is 0 Å². The van der Waals surface area contributed by atoms with E-state index < -0.39 is 31.8 Å². The molecule has 0 saturated heterocycles. The van der Waals surface area contributed by atoms with Gasteiger partial charge in [0.05, 0.1) is 6.42 Å². The molecule has 2 N–H and O–H groups in total. The van der Waals surface area contributed by atoms with E-state index in [1.807, 2.05) is 0 Å². The van der Waals surface area contributed by atoms with Crippen LogP contribution >= 0.6 is 0 Å². The lowest BCUT2D eigenvalue weighted by atomic mass is 10.1. The van der Waals surface area contributed by atoms with Gasteiger partial charge in [-0.2, -0.15) is 0 Å². The maximum atomic E-state index is 13.1. The van der Waals surface area contributed by atoms with Crippen LogP contribution in [0, 0.1) is 17.3 Å². The highest BCUT2D eigenvalue weighted by atomic mass is 28.3. The average Bonchev–Trinajstić information content (AvgIpc) is 2.44. The van der Waals surface area contributed by atoms with E-state index >= 15 is 0 Å². The van der Waals surface area contributed by atoms with Gasteiger partial charge in [-0.15, -0.1) is 11.5 Å². The number of aliphatic carboxylic acids is 1. The second kappa shape index (κ2) is 8.30. The van der Waals surface area contributed by atoms with Gasteiger partial charge in [0.1, 0.15) is 19.9 Å². The highest BCUT2D eigenvalue weighted by Crippen LogP contribution is 2.35. The van der Waals surface area contributed by atoms with E-state index in [1.165, 1.54) is 18.2 Å². The lowest BCUT2D eigenvalue weighted by Crippen LogP contribution is -2.41. The zero-order chi connectivity index (χ0) is 19.3. The monoisotopic (exact) mass is 363 g/mol. The molecule has 0 radical (unpaired) electrons. The highest BCUT2D eigenvalue weighted by Gasteiger charge is 2.33. The molecule has 0 aliphatic carbocycles. The molecule has 1 amide bonds. The summed E-state index contributed by atoms with van der Waals surface area (Å²) in [5.74, 6) is 0.925. The molecule has 1 aromatic carbocycles. The first-order valence-corrected chi connectivity index (χ1v) is 11.2. The molecule has 0 aliphatic heterocycles. The molecule has 0 aromatic heterocycles. The second-order valence-electron chi connectivity index (χ2n) is 7.65. The van der Waals surface area contributed by atoms with Crippen LogP contribution in [0.3, 0.4) is 0 Å². The Morgan fingerprint density at radius 2 is 1.96 bits per heavy atom. The van der Waals surface area contributed by atoms with Crippen molar-refractivity contribution in [3.05, 3.63) is 35.6 Å². The number of carbonyl (C=O) groups excluding carboxylic acids is 1. The SMILES string of the molecule is CC(C)(C)[Si](C)(C)C#CC[C@@H](NC(=O)Cc1cccc(F)c1)C(=O)O. The number of carbonyl (C=O) groups is 2. The van der Waals surface area contributed by atoms with E-state index in [0.29, 0.717) is 5.56 Å². The van der Waals surface area contributed by atoms with Gasteiger partial charge in [0.15, 0.2) is 0 Å². The summed E-state index contributed by atoms with van der Waals surface area (Å²) in [7, 11) is -1.82. The fraction of sp³-hybridized carbons (Fsp3) is 0.474. The molecule has 1 aromatic rings. The van der Waals surface area contributed by atoms with Gasteiger partial charge in [0, 0.05) is 6.42 Å². The molecular formula is C19H26FNO3Si. The van der Waals surface area contributed by atoms with Crippen LogP contribution in [0.5, 0.6) is 0 Å². The van der Waals surface area contributed by atoms with Gasteiger partial charge in [-0.05, 0) is 22.7 Å². The number of carboxylic acid groups (broad SMARTS) is 1. The van der Waals surface area contributed by atoms with Crippen LogP contribution in [-0.4, -0.2) is 31.1 Å². The summed E-state index contributed by atoms with van der Waals surface area (Å²) in [4.78, 5) is 23.4. The Bertz CT molecular complexity index is 699. The normalized spacial score (nSPS) is 12.7. The minimum atomic E-state index is -1.82. The van der Waals surface area contributed by atoms with Crippen molar-refractivity contribution in [2.75, 3.05) is 0 Å². The predicted molar refractivity (Wildman–Crippen MR) is 99.3 cm³/mol. The molecule has 0 heterocycles. The quantitative estimate of drug-likeness (QED) is 0.622.